The molecule has 1 N–H and O–H groups in total. The number of aliphatic hydroxyl groups is 1. The number of aromatic nitrogens is 1. The van der Waals surface area contributed by atoms with Gasteiger partial charge in [-0.25, -0.2) is 4.98 Å². The summed E-state index contributed by atoms with van der Waals surface area (Å²) in [7, 11) is 1.47. The van der Waals surface area contributed by atoms with E-state index in [1.54, 1.807) is 47.2 Å². The first-order valence-corrected chi connectivity index (χ1v) is 16.3. The standard InChI is InChI=1S/C35H50ClN3O7/c1-9-45-33(43)23-14-17-38(18-15-23)28(40)12-13-29(41)39(21-34(2,3)4)30-26(31(42)25-11-10-16-37-32(25)44-8)19-24(36)20-27(30)46-22-35(5,6)7/h10-11,16,19-20,23,31,42H,9,12-15,17-18,21-22H2,1-8H3/t31-/m1/s1. The normalized spacial score (nSPS) is 14.9. The number of halogens is 1. The molecule has 0 bridgehead atoms. The van der Waals surface area contributed by atoms with Gasteiger partial charge in [0, 0.05) is 60.9 Å². The smallest absolute Gasteiger partial charge is 0.309 e. The highest BCUT2D eigenvalue weighted by atomic mass is 35.5. The highest BCUT2D eigenvalue weighted by Crippen LogP contribution is 2.44. The number of methoxy groups -OCH3 is 1. The molecule has 3 rings (SSSR count). The van der Waals surface area contributed by atoms with Gasteiger partial charge >= 0.3 is 5.97 Å². The van der Waals surface area contributed by atoms with Gasteiger partial charge in [-0.15, -0.1) is 0 Å². The molecule has 0 spiro atoms. The number of ether oxygens (including phenoxy) is 3. The molecule has 0 saturated carbocycles. The maximum atomic E-state index is 14.2. The van der Waals surface area contributed by atoms with Crippen LogP contribution in [0.4, 0.5) is 5.69 Å². The van der Waals surface area contributed by atoms with Crippen LogP contribution in [0.25, 0.3) is 0 Å². The molecule has 1 fully saturated rings. The molecule has 11 heteroatoms. The fraction of sp³-hybridized carbons (Fsp3) is 0.600. The van der Waals surface area contributed by atoms with Crippen molar-refractivity contribution < 1.29 is 33.7 Å². The molecule has 1 aliphatic rings. The minimum Gasteiger partial charge on any atom is -0.491 e. The Kier molecular flexibility index (Phi) is 12.9. The fourth-order valence-electron chi connectivity index (χ4n) is 5.34. The summed E-state index contributed by atoms with van der Waals surface area (Å²) < 4.78 is 16.9. The van der Waals surface area contributed by atoms with Crippen molar-refractivity contribution in [2.75, 3.05) is 44.9 Å². The molecule has 2 amide bonds. The van der Waals surface area contributed by atoms with E-state index in [0.717, 1.165) is 0 Å². The molecule has 1 saturated heterocycles. The number of amides is 2. The molecule has 0 radical (unpaired) electrons. The third kappa shape index (κ3) is 10.3. The monoisotopic (exact) mass is 659 g/mol. The molecule has 1 aromatic heterocycles. The molecule has 10 nitrogen and oxygen atoms in total. The highest BCUT2D eigenvalue weighted by molar-refractivity contribution is 6.31. The highest BCUT2D eigenvalue weighted by Gasteiger charge is 2.33. The Labute approximate surface area is 278 Å². The summed E-state index contributed by atoms with van der Waals surface area (Å²) in [6.07, 6.45) is 1.33. The number of carbonyl (C=O) groups excluding carboxylic acids is 3. The van der Waals surface area contributed by atoms with Crippen LogP contribution in [0.1, 0.15) is 91.4 Å². The lowest BCUT2D eigenvalue weighted by Crippen LogP contribution is -2.42. The Bertz CT molecular complexity index is 1360. The van der Waals surface area contributed by atoms with Crippen LogP contribution in [0.5, 0.6) is 11.6 Å². The predicted octanol–water partition coefficient (Wildman–Crippen LogP) is 6.21. The largest absolute Gasteiger partial charge is 0.491 e. The van der Waals surface area contributed by atoms with Gasteiger partial charge in [-0.2, -0.15) is 0 Å². The van der Waals surface area contributed by atoms with E-state index in [0.29, 0.717) is 66.7 Å². The third-order valence-corrected chi connectivity index (χ3v) is 7.75. The van der Waals surface area contributed by atoms with Crippen LogP contribution < -0.4 is 14.4 Å². The zero-order chi connectivity index (χ0) is 34.2. The topological polar surface area (TPSA) is 119 Å². The Morgan fingerprint density at radius 3 is 2.33 bits per heavy atom. The lowest BCUT2D eigenvalue weighted by atomic mass is 9.93. The Hall–Kier alpha value is -3.37. The third-order valence-electron chi connectivity index (χ3n) is 7.54. The molecule has 0 unspecified atom stereocenters. The van der Waals surface area contributed by atoms with Crippen LogP contribution >= 0.6 is 11.6 Å². The number of likely N-dealkylation sites (tertiary alicyclic amines) is 1. The number of hydrogen-bond acceptors (Lipinski definition) is 8. The maximum Gasteiger partial charge on any atom is 0.309 e. The van der Waals surface area contributed by atoms with Gasteiger partial charge in [0.1, 0.15) is 11.9 Å². The molecule has 254 valence electrons. The summed E-state index contributed by atoms with van der Waals surface area (Å²) in [5.74, 6) is -0.288. The SMILES string of the molecule is CCOC(=O)C1CCN(C(=O)CCC(=O)N(CC(C)(C)C)c2c(OCC(C)(C)C)cc(Cl)cc2[C@H](O)c2cccnc2OC)CC1. The van der Waals surface area contributed by atoms with E-state index >= 15 is 0 Å². The van der Waals surface area contributed by atoms with E-state index in [4.69, 9.17) is 25.8 Å². The van der Waals surface area contributed by atoms with E-state index in [1.165, 1.54) is 7.11 Å². The molecule has 1 aromatic carbocycles. The van der Waals surface area contributed by atoms with E-state index in [9.17, 15) is 19.5 Å². The molecule has 1 atom stereocenters. The first-order valence-electron chi connectivity index (χ1n) is 15.9. The summed E-state index contributed by atoms with van der Waals surface area (Å²) >= 11 is 6.61. The van der Waals surface area contributed by atoms with Crippen molar-refractivity contribution in [2.24, 2.45) is 16.7 Å². The molecular weight excluding hydrogens is 610 g/mol. The van der Waals surface area contributed by atoms with Crippen molar-refractivity contribution in [1.82, 2.24) is 9.88 Å². The van der Waals surface area contributed by atoms with Gasteiger partial charge < -0.3 is 29.1 Å². The Morgan fingerprint density at radius 2 is 1.74 bits per heavy atom. The van der Waals surface area contributed by atoms with Crippen LogP contribution in [0.15, 0.2) is 30.5 Å². The van der Waals surface area contributed by atoms with Crippen LogP contribution in [0, 0.1) is 16.7 Å². The number of esters is 1. The number of nitrogens with zero attached hydrogens (tertiary/aromatic N) is 3. The van der Waals surface area contributed by atoms with E-state index in [2.05, 4.69) is 4.98 Å². The molecular formula is C35H50ClN3O7. The summed E-state index contributed by atoms with van der Waals surface area (Å²) in [5, 5.41) is 12.1. The zero-order valence-corrected chi connectivity index (χ0v) is 29.3. The van der Waals surface area contributed by atoms with E-state index < -0.39 is 6.10 Å². The van der Waals surface area contributed by atoms with E-state index in [1.807, 2.05) is 41.5 Å². The predicted molar refractivity (Wildman–Crippen MR) is 178 cm³/mol. The van der Waals surface area contributed by atoms with Crippen molar-refractivity contribution >= 4 is 35.1 Å². The lowest BCUT2D eigenvalue weighted by molar-refractivity contribution is -0.151. The minimum absolute atomic E-state index is 0.00361. The first-order chi connectivity index (χ1) is 21.5. The number of anilines is 1. The average molecular weight is 660 g/mol. The van der Waals surface area contributed by atoms with Gasteiger partial charge in [-0.05, 0) is 48.8 Å². The van der Waals surface area contributed by atoms with Gasteiger partial charge in [0.05, 0.1) is 31.9 Å². The molecule has 0 aliphatic carbocycles. The number of aliphatic hydroxyl groups excluding tert-OH is 1. The molecule has 2 heterocycles. The Balaban J connectivity index is 1.98. The molecule has 1 aliphatic heterocycles. The second kappa shape index (κ2) is 16.0. The van der Waals surface area contributed by atoms with Gasteiger partial charge in [0.2, 0.25) is 17.7 Å². The van der Waals surface area contributed by atoms with Crippen molar-refractivity contribution in [3.05, 3.63) is 46.6 Å². The van der Waals surface area contributed by atoms with Crippen molar-refractivity contribution in [1.29, 1.82) is 0 Å². The number of piperidine rings is 1. The summed E-state index contributed by atoms with van der Waals surface area (Å²) in [4.78, 5) is 47.1. The second-order valence-corrected chi connectivity index (χ2v) is 14.6. The van der Waals surface area contributed by atoms with Crippen LogP contribution in [-0.2, 0) is 19.1 Å². The molecule has 2 aromatic rings. The number of rotatable bonds is 12. The zero-order valence-electron chi connectivity index (χ0n) is 28.5. The van der Waals surface area contributed by atoms with Crippen molar-refractivity contribution in [2.45, 2.75) is 80.3 Å². The van der Waals surface area contributed by atoms with Crippen LogP contribution in [0.2, 0.25) is 5.02 Å². The van der Waals surface area contributed by atoms with Crippen LogP contribution in [0.3, 0.4) is 0 Å². The number of benzene rings is 1. The number of hydrogen-bond donors (Lipinski definition) is 1. The number of carbonyl (C=O) groups is 3. The quantitative estimate of drug-likeness (QED) is 0.267. The summed E-state index contributed by atoms with van der Waals surface area (Å²) in [5.41, 5.74) is 0.572. The average Bonchev–Trinajstić information content (AvgIpc) is 3.00. The summed E-state index contributed by atoms with van der Waals surface area (Å²) in [6.45, 7) is 15.7. The lowest BCUT2D eigenvalue weighted by Gasteiger charge is -2.35. The van der Waals surface area contributed by atoms with E-state index in [-0.39, 0.29) is 59.8 Å². The first kappa shape index (κ1) is 37.1. The van der Waals surface area contributed by atoms with Crippen LogP contribution in [-0.4, -0.2) is 72.7 Å². The molecule has 46 heavy (non-hydrogen) atoms. The van der Waals surface area contributed by atoms with Gasteiger partial charge in [0.15, 0.2) is 0 Å². The maximum absolute atomic E-state index is 14.2. The van der Waals surface area contributed by atoms with Crippen molar-refractivity contribution in [3.8, 4) is 11.6 Å². The second-order valence-electron chi connectivity index (χ2n) is 14.1. The number of pyridine rings is 1. The van der Waals surface area contributed by atoms with Gasteiger partial charge in [-0.3, -0.25) is 14.4 Å². The summed E-state index contributed by atoms with van der Waals surface area (Å²) in [6, 6.07) is 6.68. The van der Waals surface area contributed by atoms with Gasteiger partial charge in [0.25, 0.3) is 0 Å². The minimum atomic E-state index is -1.26. The van der Waals surface area contributed by atoms with Crippen molar-refractivity contribution in [3.63, 3.8) is 0 Å². The fourth-order valence-corrected chi connectivity index (χ4v) is 5.56. The van der Waals surface area contributed by atoms with Gasteiger partial charge in [-0.1, -0.05) is 53.1 Å². The Morgan fingerprint density at radius 1 is 1.07 bits per heavy atom.